The van der Waals surface area contributed by atoms with Gasteiger partial charge in [-0.05, 0) is 25.5 Å². The van der Waals surface area contributed by atoms with E-state index in [0.29, 0.717) is 18.9 Å². The van der Waals surface area contributed by atoms with E-state index in [9.17, 15) is 4.79 Å². The van der Waals surface area contributed by atoms with Gasteiger partial charge < -0.3 is 9.64 Å². The third kappa shape index (κ3) is 3.49. The maximum absolute atomic E-state index is 11.1. The van der Waals surface area contributed by atoms with E-state index in [0.717, 1.165) is 13.0 Å². The van der Waals surface area contributed by atoms with Crippen LogP contribution in [0, 0.1) is 5.92 Å². The normalized spacial score (nSPS) is 21.7. The molecule has 1 rings (SSSR count). The summed E-state index contributed by atoms with van der Waals surface area (Å²) in [6, 6.07) is 0. The van der Waals surface area contributed by atoms with E-state index in [1.165, 1.54) is 0 Å². The minimum Gasteiger partial charge on any atom is -0.466 e. The van der Waals surface area contributed by atoms with Gasteiger partial charge in [-0.15, -0.1) is 0 Å². The zero-order valence-electron chi connectivity index (χ0n) is 8.32. The van der Waals surface area contributed by atoms with Gasteiger partial charge in [0.1, 0.15) is 0 Å². The molecule has 0 aliphatic carbocycles. The lowest BCUT2D eigenvalue weighted by Crippen LogP contribution is -2.22. The number of hydrogen-bond acceptors (Lipinski definition) is 3. The molecule has 0 spiro atoms. The minimum atomic E-state index is -0.0818. The molecule has 1 heterocycles. The van der Waals surface area contributed by atoms with Gasteiger partial charge in [0, 0.05) is 13.6 Å². The highest BCUT2D eigenvalue weighted by molar-refractivity contribution is 5.69. The molecular formula is C10H17NO2. The molecule has 0 aromatic rings. The molecule has 1 aliphatic heterocycles. The number of carbonyl (C=O) groups excluding carboxylic acids is 1. The molecule has 0 aromatic carbocycles. The summed E-state index contributed by atoms with van der Waals surface area (Å²) in [7, 11) is 2.04. The fourth-order valence-electron chi connectivity index (χ4n) is 1.41. The average molecular weight is 183 g/mol. The fraction of sp³-hybridized carbons (Fsp3) is 0.700. The Labute approximate surface area is 79.4 Å². The van der Waals surface area contributed by atoms with E-state index >= 15 is 0 Å². The van der Waals surface area contributed by atoms with E-state index in [4.69, 9.17) is 4.74 Å². The monoisotopic (exact) mass is 183 g/mol. The summed E-state index contributed by atoms with van der Waals surface area (Å²) in [6.07, 6.45) is 5.69. The van der Waals surface area contributed by atoms with Crippen molar-refractivity contribution in [2.75, 3.05) is 20.2 Å². The predicted octanol–water partition coefficient (Wildman–Crippen LogP) is 1.41. The fourth-order valence-corrected chi connectivity index (χ4v) is 1.41. The highest BCUT2D eigenvalue weighted by Crippen LogP contribution is 2.16. The average Bonchev–Trinajstić information content (AvgIpc) is 2.09. The maximum atomic E-state index is 11.1. The Morgan fingerprint density at radius 3 is 3.00 bits per heavy atom. The standard InChI is InChI=1S/C10H17NO2/c1-3-13-10(12)8-9-4-6-11(2)7-5-9/h4,6,9H,3,5,7-8H2,1-2H3. The molecule has 1 aliphatic rings. The number of allylic oxidation sites excluding steroid dienone is 1. The number of hydrogen-bond donors (Lipinski definition) is 0. The molecule has 0 radical (unpaired) electrons. The lowest BCUT2D eigenvalue weighted by molar-refractivity contribution is -0.143. The van der Waals surface area contributed by atoms with Crippen LogP contribution < -0.4 is 0 Å². The number of carbonyl (C=O) groups is 1. The van der Waals surface area contributed by atoms with Crippen LogP contribution in [0.2, 0.25) is 0 Å². The summed E-state index contributed by atoms with van der Waals surface area (Å²) in [4.78, 5) is 13.2. The summed E-state index contributed by atoms with van der Waals surface area (Å²) in [5, 5.41) is 0. The maximum Gasteiger partial charge on any atom is 0.306 e. The van der Waals surface area contributed by atoms with Gasteiger partial charge in [-0.3, -0.25) is 4.79 Å². The summed E-state index contributed by atoms with van der Waals surface area (Å²) < 4.78 is 4.89. The van der Waals surface area contributed by atoms with Gasteiger partial charge in [-0.2, -0.15) is 0 Å². The Morgan fingerprint density at radius 2 is 2.46 bits per heavy atom. The van der Waals surface area contributed by atoms with Crippen molar-refractivity contribution in [3.05, 3.63) is 12.3 Å². The molecule has 3 nitrogen and oxygen atoms in total. The van der Waals surface area contributed by atoms with Crippen LogP contribution in [0.25, 0.3) is 0 Å². The van der Waals surface area contributed by atoms with Crippen LogP contribution >= 0.6 is 0 Å². The van der Waals surface area contributed by atoms with Crippen molar-refractivity contribution in [1.82, 2.24) is 4.90 Å². The number of rotatable bonds is 3. The van der Waals surface area contributed by atoms with Crippen molar-refractivity contribution in [2.24, 2.45) is 5.92 Å². The number of esters is 1. The Hall–Kier alpha value is -0.990. The third-order valence-corrected chi connectivity index (χ3v) is 2.20. The Balaban J connectivity index is 2.30. The number of nitrogens with zero attached hydrogens (tertiary/aromatic N) is 1. The molecule has 0 amide bonds. The van der Waals surface area contributed by atoms with Crippen LogP contribution in [0.5, 0.6) is 0 Å². The molecule has 0 fully saturated rings. The Bertz CT molecular complexity index is 201. The van der Waals surface area contributed by atoms with Crippen molar-refractivity contribution in [3.63, 3.8) is 0 Å². The molecule has 1 atom stereocenters. The minimum absolute atomic E-state index is 0.0818. The van der Waals surface area contributed by atoms with Crippen LogP contribution in [-0.4, -0.2) is 31.1 Å². The van der Waals surface area contributed by atoms with Gasteiger partial charge >= 0.3 is 5.97 Å². The van der Waals surface area contributed by atoms with Gasteiger partial charge in [0.05, 0.1) is 13.0 Å². The Morgan fingerprint density at radius 1 is 1.69 bits per heavy atom. The molecule has 13 heavy (non-hydrogen) atoms. The zero-order valence-corrected chi connectivity index (χ0v) is 8.32. The van der Waals surface area contributed by atoms with Crippen LogP contribution in [-0.2, 0) is 9.53 Å². The van der Waals surface area contributed by atoms with Crippen molar-refractivity contribution in [1.29, 1.82) is 0 Å². The summed E-state index contributed by atoms with van der Waals surface area (Å²) >= 11 is 0. The molecule has 0 aromatic heterocycles. The molecule has 0 N–H and O–H groups in total. The van der Waals surface area contributed by atoms with Crippen molar-refractivity contribution in [3.8, 4) is 0 Å². The third-order valence-electron chi connectivity index (χ3n) is 2.20. The van der Waals surface area contributed by atoms with Gasteiger partial charge in [0.25, 0.3) is 0 Å². The highest BCUT2D eigenvalue weighted by Gasteiger charge is 2.15. The highest BCUT2D eigenvalue weighted by atomic mass is 16.5. The predicted molar refractivity (Wildman–Crippen MR) is 51.1 cm³/mol. The first-order valence-corrected chi connectivity index (χ1v) is 4.76. The second-order valence-corrected chi connectivity index (χ2v) is 3.38. The van der Waals surface area contributed by atoms with Gasteiger partial charge in [0.2, 0.25) is 0 Å². The summed E-state index contributed by atoms with van der Waals surface area (Å²) in [5.74, 6) is 0.289. The smallest absolute Gasteiger partial charge is 0.306 e. The quantitative estimate of drug-likeness (QED) is 0.619. The molecular weight excluding hydrogens is 166 g/mol. The Kier molecular flexibility index (Phi) is 3.80. The molecule has 74 valence electrons. The SMILES string of the molecule is CCOC(=O)CC1C=CN(C)CC1. The van der Waals surface area contributed by atoms with Gasteiger partial charge in [0.15, 0.2) is 0 Å². The van der Waals surface area contributed by atoms with Crippen LogP contribution in [0.4, 0.5) is 0 Å². The van der Waals surface area contributed by atoms with Gasteiger partial charge in [-0.25, -0.2) is 0 Å². The first-order valence-electron chi connectivity index (χ1n) is 4.76. The topological polar surface area (TPSA) is 29.5 Å². The number of ether oxygens (including phenoxy) is 1. The summed E-state index contributed by atoms with van der Waals surface area (Å²) in [5.41, 5.74) is 0. The lowest BCUT2D eigenvalue weighted by Gasteiger charge is -2.23. The molecule has 0 saturated heterocycles. The second-order valence-electron chi connectivity index (χ2n) is 3.38. The van der Waals surface area contributed by atoms with E-state index < -0.39 is 0 Å². The van der Waals surface area contributed by atoms with Crippen LogP contribution in [0.1, 0.15) is 19.8 Å². The summed E-state index contributed by atoms with van der Waals surface area (Å²) in [6.45, 7) is 3.35. The lowest BCUT2D eigenvalue weighted by atomic mass is 9.99. The molecule has 1 unspecified atom stereocenters. The second kappa shape index (κ2) is 4.90. The molecule has 3 heteroatoms. The first-order chi connectivity index (χ1) is 6.22. The van der Waals surface area contributed by atoms with Crippen molar-refractivity contribution < 1.29 is 9.53 Å². The first kappa shape index (κ1) is 10.1. The molecule has 0 bridgehead atoms. The largest absolute Gasteiger partial charge is 0.466 e. The van der Waals surface area contributed by atoms with Crippen LogP contribution in [0.3, 0.4) is 0 Å². The van der Waals surface area contributed by atoms with E-state index in [-0.39, 0.29) is 5.97 Å². The van der Waals surface area contributed by atoms with Crippen molar-refractivity contribution >= 4 is 5.97 Å². The zero-order chi connectivity index (χ0) is 9.68. The van der Waals surface area contributed by atoms with E-state index in [1.807, 2.05) is 20.2 Å². The van der Waals surface area contributed by atoms with E-state index in [2.05, 4.69) is 11.0 Å². The van der Waals surface area contributed by atoms with Crippen LogP contribution in [0.15, 0.2) is 12.3 Å². The van der Waals surface area contributed by atoms with E-state index in [1.54, 1.807) is 0 Å². The van der Waals surface area contributed by atoms with Crippen molar-refractivity contribution in [2.45, 2.75) is 19.8 Å². The van der Waals surface area contributed by atoms with Gasteiger partial charge in [-0.1, -0.05) is 6.08 Å². The molecule has 0 saturated carbocycles.